The van der Waals surface area contributed by atoms with Gasteiger partial charge in [-0.1, -0.05) is 41.0 Å². The maximum atomic E-state index is 13.2. The Balaban J connectivity index is 5.35. The summed E-state index contributed by atoms with van der Waals surface area (Å²) in [5, 5.41) is 0. The lowest BCUT2D eigenvalue weighted by molar-refractivity contribution is -0.158. The van der Waals surface area contributed by atoms with Crippen molar-refractivity contribution in [3.8, 4) is 12.3 Å². The standard InChI is InChI=1S/C21H36N2O5/c1-9-11-13-27-20(25)18(16(5)6)22(7)19(24)17(15(3)4)23(8)21(26)28-14-12-10-2/h2,15-18H,9,11-14H2,1,3-8H3. The second kappa shape index (κ2) is 13.0. The highest BCUT2D eigenvalue weighted by Crippen LogP contribution is 2.19. The Hall–Kier alpha value is -2.23. The van der Waals surface area contributed by atoms with Crippen LogP contribution in [0.25, 0.3) is 0 Å². The van der Waals surface area contributed by atoms with Crippen LogP contribution in [0.15, 0.2) is 0 Å². The molecule has 0 aliphatic heterocycles. The Morgan fingerprint density at radius 2 is 1.50 bits per heavy atom. The molecule has 2 atom stereocenters. The summed E-state index contributed by atoms with van der Waals surface area (Å²) in [6.45, 7) is 9.82. The van der Waals surface area contributed by atoms with E-state index in [1.165, 1.54) is 16.8 Å². The van der Waals surface area contributed by atoms with Gasteiger partial charge in [-0.05, 0) is 18.3 Å². The zero-order chi connectivity index (χ0) is 21.9. The molecule has 0 spiro atoms. The number of likely N-dealkylation sites (N-methyl/N-ethyl adjacent to an activating group) is 2. The maximum Gasteiger partial charge on any atom is 0.410 e. The van der Waals surface area contributed by atoms with Crippen LogP contribution in [-0.2, 0) is 19.1 Å². The molecule has 0 rings (SSSR count). The second-order valence-electron chi connectivity index (χ2n) is 7.53. The average Bonchev–Trinajstić information content (AvgIpc) is 2.61. The van der Waals surface area contributed by atoms with Crippen LogP contribution in [0, 0.1) is 24.2 Å². The second-order valence-corrected chi connectivity index (χ2v) is 7.53. The first kappa shape index (κ1) is 25.8. The smallest absolute Gasteiger partial charge is 0.410 e. The zero-order valence-corrected chi connectivity index (χ0v) is 18.4. The molecule has 0 radical (unpaired) electrons. The van der Waals surface area contributed by atoms with Gasteiger partial charge < -0.3 is 14.4 Å². The number of hydrogen-bond acceptors (Lipinski definition) is 5. The van der Waals surface area contributed by atoms with E-state index in [2.05, 4.69) is 5.92 Å². The van der Waals surface area contributed by atoms with E-state index in [1.54, 1.807) is 7.05 Å². The molecular formula is C21H36N2O5. The predicted molar refractivity (Wildman–Crippen MR) is 108 cm³/mol. The van der Waals surface area contributed by atoms with E-state index < -0.39 is 24.1 Å². The number of hydrogen-bond donors (Lipinski definition) is 0. The third kappa shape index (κ3) is 7.79. The van der Waals surface area contributed by atoms with Crippen LogP contribution in [0.1, 0.15) is 53.9 Å². The van der Waals surface area contributed by atoms with Gasteiger partial charge in [-0.25, -0.2) is 9.59 Å². The van der Waals surface area contributed by atoms with Crippen LogP contribution in [0.2, 0.25) is 0 Å². The molecule has 0 saturated heterocycles. The summed E-state index contributed by atoms with van der Waals surface area (Å²) in [6, 6.07) is -1.50. The van der Waals surface area contributed by atoms with Crippen molar-refractivity contribution in [3.05, 3.63) is 0 Å². The van der Waals surface area contributed by atoms with Gasteiger partial charge in [0.05, 0.1) is 6.61 Å². The highest BCUT2D eigenvalue weighted by atomic mass is 16.6. The molecule has 0 aliphatic rings. The normalized spacial score (nSPS) is 12.9. The SMILES string of the molecule is C#CCCOC(=O)N(C)C(C(=O)N(C)C(C(=O)OCCCC)C(C)C)C(C)C. The number of rotatable bonds is 11. The van der Waals surface area contributed by atoms with Crippen molar-refractivity contribution in [1.82, 2.24) is 9.80 Å². The number of unbranched alkanes of at least 4 members (excludes halogenated alkanes) is 1. The predicted octanol–water partition coefficient (Wildman–Crippen LogP) is 2.93. The van der Waals surface area contributed by atoms with Gasteiger partial charge in [-0.2, -0.15) is 0 Å². The summed E-state index contributed by atoms with van der Waals surface area (Å²) in [5.74, 6) is 1.32. The fraction of sp³-hybridized carbons (Fsp3) is 0.762. The lowest BCUT2D eigenvalue weighted by atomic mass is 9.98. The molecule has 28 heavy (non-hydrogen) atoms. The topological polar surface area (TPSA) is 76.2 Å². The number of esters is 1. The molecule has 0 bridgehead atoms. The average molecular weight is 397 g/mol. The zero-order valence-electron chi connectivity index (χ0n) is 18.4. The number of nitrogens with zero attached hydrogens (tertiary/aromatic N) is 2. The highest BCUT2D eigenvalue weighted by Gasteiger charge is 2.38. The van der Waals surface area contributed by atoms with Crippen LogP contribution in [0.3, 0.4) is 0 Å². The molecule has 0 N–H and O–H groups in total. The molecule has 0 fully saturated rings. The minimum Gasteiger partial charge on any atom is -0.464 e. The van der Waals surface area contributed by atoms with E-state index in [-0.39, 0.29) is 24.3 Å². The maximum absolute atomic E-state index is 13.2. The first-order valence-electron chi connectivity index (χ1n) is 9.86. The Bertz CT molecular complexity index is 553. The van der Waals surface area contributed by atoms with E-state index in [0.717, 1.165) is 12.8 Å². The molecule has 0 aromatic carbocycles. The minimum atomic E-state index is -0.770. The lowest BCUT2D eigenvalue weighted by Gasteiger charge is -2.36. The van der Waals surface area contributed by atoms with E-state index in [1.807, 2.05) is 34.6 Å². The Labute approximate surface area is 169 Å². The summed E-state index contributed by atoms with van der Waals surface area (Å²) in [5.41, 5.74) is 0. The fourth-order valence-corrected chi connectivity index (χ4v) is 2.94. The molecule has 0 saturated carbocycles. The quantitative estimate of drug-likeness (QED) is 0.305. The van der Waals surface area contributed by atoms with Crippen LogP contribution in [0.5, 0.6) is 0 Å². The van der Waals surface area contributed by atoms with E-state index in [4.69, 9.17) is 15.9 Å². The molecule has 0 aliphatic carbocycles. The van der Waals surface area contributed by atoms with Crippen molar-refractivity contribution in [1.29, 1.82) is 0 Å². The van der Waals surface area contributed by atoms with Crippen molar-refractivity contribution >= 4 is 18.0 Å². The summed E-state index contributed by atoms with van der Waals surface area (Å²) in [4.78, 5) is 40.6. The van der Waals surface area contributed by atoms with E-state index in [9.17, 15) is 14.4 Å². The highest BCUT2D eigenvalue weighted by molar-refractivity contribution is 5.89. The van der Waals surface area contributed by atoms with Gasteiger partial charge in [-0.15, -0.1) is 12.3 Å². The Morgan fingerprint density at radius 3 is 1.96 bits per heavy atom. The van der Waals surface area contributed by atoms with Crippen molar-refractivity contribution in [3.63, 3.8) is 0 Å². The molecule has 2 amide bonds. The van der Waals surface area contributed by atoms with Crippen LogP contribution in [0.4, 0.5) is 4.79 Å². The van der Waals surface area contributed by atoms with Crippen LogP contribution >= 0.6 is 0 Å². The third-order valence-electron chi connectivity index (χ3n) is 4.44. The summed E-state index contributed by atoms with van der Waals surface area (Å²) < 4.78 is 10.4. The fourth-order valence-electron chi connectivity index (χ4n) is 2.94. The van der Waals surface area contributed by atoms with E-state index >= 15 is 0 Å². The lowest BCUT2D eigenvalue weighted by Crippen LogP contribution is -2.56. The first-order valence-corrected chi connectivity index (χ1v) is 9.86. The molecule has 0 aromatic heterocycles. The van der Waals surface area contributed by atoms with Crippen molar-refractivity contribution in [2.75, 3.05) is 27.3 Å². The largest absolute Gasteiger partial charge is 0.464 e. The number of ether oxygens (including phenoxy) is 2. The van der Waals surface area contributed by atoms with Gasteiger partial charge in [-0.3, -0.25) is 9.69 Å². The van der Waals surface area contributed by atoms with Crippen molar-refractivity contribution < 1.29 is 23.9 Å². The molecule has 7 nitrogen and oxygen atoms in total. The van der Waals surface area contributed by atoms with Gasteiger partial charge in [0.2, 0.25) is 5.91 Å². The van der Waals surface area contributed by atoms with E-state index in [0.29, 0.717) is 13.0 Å². The van der Waals surface area contributed by atoms with Gasteiger partial charge in [0.25, 0.3) is 0 Å². The van der Waals surface area contributed by atoms with Crippen LogP contribution in [-0.4, -0.2) is 67.2 Å². The Kier molecular flexibility index (Phi) is 12.0. The summed E-state index contributed by atoms with van der Waals surface area (Å²) in [6.07, 6.45) is 6.53. The molecule has 2 unspecified atom stereocenters. The van der Waals surface area contributed by atoms with Crippen molar-refractivity contribution in [2.24, 2.45) is 11.8 Å². The van der Waals surface area contributed by atoms with Crippen LogP contribution < -0.4 is 0 Å². The first-order chi connectivity index (χ1) is 13.1. The molecule has 0 heterocycles. The third-order valence-corrected chi connectivity index (χ3v) is 4.44. The van der Waals surface area contributed by atoms with Crippen molar-refractivity contribution in [2.45, 2.75) is 66.0 Å². The van der Waals surface area contributed by atoms with Gasteiger partial charge in [0.1, 0.15) is 18.7 Å². The number of carbonyl (C=O) groups excluding carboxylic acids is 3. The molecule has 0 aromatic rings. The number of carbonyl (C=O) groups is 3. The number of terminal acetylenes is 1. The summed E-state index contributed by atoms with van der Waals surface area (Å²) in [7, 11) is 3.08. The monoisotopic (exact) mass is 396 g/mol. The number of amides is 2. The van der Waals surface area contributed by atoms with Gasteiger partial charge >= 0.3 is 12.1 Å². The molecular weight excluding hydrogens is 360 g/mol. The molecule has 160 valence electrons. The Morgan fingerprint density at radius 1 is 0.929 bits per heavy atom. The molecule has 7 heteroatoms. The van der Waals surface area contributed by atoms with Gasteiger partial charge in [0.15, 0.2) is 0 Å². The summed E-state index contributed by atoms with van der Waals surface area (Å²) >= 11 is 0. The van der Waals surface area contributed by atoms with Gasteiger partial charge in [0, 0.05) is 20.5 Å². The minimum absolute atomic E-state index is 0.0902.